The molecule has 0 aliphatic heterocycles. The van der Waals surface area contributed by atoms with Crippen LogP contribution in [0.2, 0.25) is 0 Å². The zero-order valence-electron chi connectivity index (χ0n) is 12.8. The van der Waals surface area contributed by atoms with E-state index in [1.54, 1.807) is 24.3 Å². The first-order valence-corrected chi connectivity index (χ1v) is 7.17. The molecule has 2 N–H and O–H groups in total. The molecule has 120 valence electrons. The van der Waals surface area contributed by atoms with Crippen molar-refractivity contribution in [3.8, 4) is 5.75 Å². The van der Waals surface area contributed by atoms with Gasteiger partial charge in [-0.15, -0.1) is 0 Å². The molecule has 0 heterocycles. The monoisotopic (exact) mass is 307 g/mol. The first-order chi connectivity index (χ1) is 10.4. The molecule has 1 amide bonds. The van der Waals surface area contributed by atoms with Crippen LogP contribution in [0.25, 0.3) is 0 Å². The van der Waals surface area contributed by atoms with Gasteiger partial charge in [0.1, 0.15) is 5.75 Å². The molecule has 1 aromatic rings. The maximum Gasteiger partial charge on any atom is 0.308 e. The fourth-order valence-corrected chi connectivity index (χ4v) is 1.90. The second-order valence-electron chi connectivity index (χ2n) is 5.00. The molecule has 1 aromatic carbocycles. The van der Waals surface area contributed by atoms with E-state index in [0.29, 0.717) is 17.7 Å². The summed E-state index contributed by atoms with van der Waals surface area (Å²) in [6.07, 6.45) is 1.25. The summed E-state index contributed by atoms with van der Waals surface area (Å²) >= 11 is 0. The highest BCUT2D eigenvalue weighted by molar-refractivity contribution is 5.94. The smallest absolute Gasteiger partial charge is 0.308 e. The Bertz CT molecular complexity index is 541. The Morgan fingerprint density at radius 1 is 1.32 bits per heavy atom. The summed E-state index contributed by atoms with van der Waals surface area (Å²) in [5.74, 6) is -1.56. The van der Waals surface area contributed by atoms with Crippen LogP contribution in [0.3, 0.4) is 0 Å². The van der Waals surface area contributed by atoms with Crippen molar-refractivity contribution in [3.63, 3.8) is 0 Å². The minimum Gasteiger partial charge on any atom is -0.484 e. The second kappa shape index (κ2) is 8.81. The number of rotatable bonds is 9. The van der Waals surface area contributed by atoms with E-state index < -0.39 is 17.8 Å². The predicted octanol–water partition coefficient (Wildman–Crippen LogP) is 1.89. The van der Waals surface area contributed by atoms with Gasteiger partial charge in [-0.05, 0) is 25.5 Å². The third-order valence-electron chi connectivity index (χ3n) is 3.14. The van der Waals surface area contributed by atoms with Crippen LogP contribution in [-0.4, -0.2) is 35.9 Å². The topological polar surface area (TPSA) is 92.7 Å². The molecule has 0 saturated heterocycles. The molecular formula is C16H21NO5. The van der Waals surface area contributed by atoms with Crippen molar-refractivity contribution < 1.29 is 24.2 Å². The van der Waals surface area contributed by atoms with Gasteiger partial charge in [0.25, 0.3) is 5.91 Å². The van der Waals surface area contributed by atoms with Crippen LogP contribution in [0.15, 0.2) is 24.3 Å². The standard InChI is InChI=1S/C16H21NO5/c1-3-5-13(16(20)21)9-17-15(19)10-22-14-7-4-6-12(8-14)11(2)18/h4,6-8,13H,3,5,9-10H2,1-2H3,(H,17,19)(H,20,21). The van der Waals surface area contributed by atoms with E-state index in [4.69, 9.17) is 9.84 Å². The van der Waals surface area contributed by atoms with E-state index in [0.717, 1.165) is 6.42 Å². The van der Waals surface area contributed by atoms with Crippen molar-refractivity contribution in [2.75, 3.05) is 13.2 Å². The zero-order valence-corrected chi connectivity index (χ0v) is 12.8. The minimum atomic E-state index is -0.919. The van der Waals surface area contributed by atoms with E-state index in [1.165, 1.54) is 6.92 Å². The molecular weight excluding hydrogens is 286 g/mol. The lowest BCUT2D eigenvalue weighted by Gasteiger charge is -2.13. The molecule has 6 nitrogen and oxygen atoms in total. The van der Waals surface area contributed by atoms with Gasteiger partial charge in [-0.2, -0.15) is 0 Å². The molecule has 0 saturated carbocycles. The Kier molecular flexibility index (Phi) is 7.08. The normalized spacial score (nSPS) is 11.5. The van der Waals surface area contributed by atoms with Crippen molar-refractivity contribution in [2.45, 2.75) is 26.7 Å². The van der Waals surface area contributed by atoms with E-state index in [2.05, 4.69) is 5.32 Å². The van der Waals surface area contributed by atoms with E-state index in [-0.39, 0.29) is 18.9 Å². The highest BCUT2D eigenvalue weighted by Gasteiger charge is 2.17. The van der Waals surface area contributed by atoms with Gasteiger partial charge in [-0.1, -0.05) is 25.5 Å². The maximum atomic E-state index is 11.7. The Morgan fingerprint density at radius 2 is 2.05 bits per heavy atom. The maximum absolute atomic E-state index is 11.7. The van der Waals surface area contributed by atoms with Crippen molar-refractivity contribution in [2.24, 2.45) is 5.92 Å². The average Bonchev–Trinajstić information content (AvgIpc) is 2.49. The summed E-state index contributed by atoms with van der Waals surface area (Å²) in [6, 6.07) is 6.55. The molecule has 0 aliphatic carbocycles. The lowest BCUT2D eigenvalue weighted by molar-refractivity contribution is -0.142. The number of carboxylic acids is 1. The number of aliphatic carboxylic acids is 1. The molecule has 0 radical (unpaired) electrons. The first-order valence-electron chi connectivity index (χ1n) is 7.17. The summed E-state index contributed by atoms with van der Waals surface area (Å²) in [7, 11) is 0. The van der Waals surface area contributed by atoms with E-state index in [9.17, 15) is 14.4 Å². The number of ketones is 1. The minimum absolute atomic E-state index is 0.0822. The number of hydrogen-bond acceptors (Lipinski definition) is 4. The Balaban J connectivity index is 2.44. The molecule has 0 bridgehead atoms. The van der Waals surface area contributed by atoms with Crippen LogP contribution >= 0.6 is 0 Å². The van der Waals surface area contributed by atoms with Gasteiger partial charge < -0.3 is 15.2 Å². The molecule has 6 heteroatoms. The fourth-order valence-electron chi connectivity index (χ4n) is 1.90. The number of benzene rings is 1. The number of carboxylic acid groups (broad SMARTS) is 1. The van der Waals surface area contributed by atoms with E-state index in [1.807, 2.05) is 6.92 Å². The fraction of sp³-hybridized carbons (Fsp3) is 0.438. The second-order valence-corrected chi connectivity index (χ2v) is 5.00. The van der Waals surface area contributed by atoms with Crippen molar-refractivity contribution in [1.29, 1.82) is 0 Å². The molecule has 0 fully saturated rings. The molecule has 0 spiro atoms. The number of ether oxygens (including phenoxy) is 1. The average molecular weight is 307 g/mol. The van der Waals surface area contributed by atoms with Crippen molar-refractivity contribution >= 4 is 17.7 Å². The molecule has 1 unspecified atom stereocenters. The highest BCUT2D eigenvalue weighted by Crippen LogP contribution is 2.13. The predicted molar refractivity (Wildman–Crippen MR) is 81.0 cm³/mol. The lowest BCUT2D eigenvalue weighted by atomic mass is 10.0. The van der Waals surface area contributed by atoms with Crippen LogP contribution in [0.1, 0.15) is 37.0 Å². The van der Waals surface area contributed by atoms with Crippen LogP contribution in [0.4, 0.5) is 0 Å². The Morgan fingerprint density at radius 3 is 2.64 bits per heavy atom. The number of Topliss-reactive ketones (excluding diaryl/α,β-unsaturated/α-hetero) is 1. The van der Waals surface area contributed by atoms with Crippen LogP contribution in [0, 0.1) is 5.92 Å². The van der Waals surface area contributed by atoms with Gasteiger partial charge in [0.15, 0.2) is 12.4 Å². The Hall–Kier alpha value is -2.37. The summed E-state index contributed by atoms with van der Waals surface area (Å²) < 4.78 is 5.30. The number of carbonyl (C=O) groups is 3. The van der Waals surface area contributed by atoms with E-state index >= 15 is 0 Å². The third kappa shape index (κ3) is 5.95. The van der Waals surface area contributed by atoms with Gasteiger partial charge in [0.05, 0.1) is 5.92 Å². The zero-order chi connectivity index (χ0) is 16.5. The van der Waals surface area contributed by atoms with Crippen molar-refractivity contribution in [3.05, 3.63) is 29.8 Å². The van der Waals surface area contributed by atoms with Gasteiger partial charge >= 0.3 is 5.97 Å². The van der Waals surface area contributed by atoms with Gasteiger partial charge in [0.2, 0.25) is 0 Å². The van der Waals surface area contributed by atoms with Crippen LogP contribution in [-0.2, 0) is 9.59 Å². The summed E-state index contributed by atoms with van der Waals surface area (Å²) in [6.45, 7) is 3.20. The molecule has 1 rings (SSSR count). The SMILES string of the molecule is CCCC(CNC(=O)COc1cccc(C(C)=O)c1)C(=O)O. The van der Waals surface area contributed by atoms with Crippen LogP contribution < -0.4 is 10.1 Å². The lowest BCUT2D eigenvalue weighted by Crippen LogP contribution is -2.35. The molecule has 1 atom stereocenters. The summed E-state index contributed by atoms with van der Waals surface area (Å²) in [4.78, 5) is 33.9. The largest absolute Gasteiger partial charge is 0.484 e. The summed E-state index contributed by atoms with van der Waals surface area (Å²) in [5.41, 5.74) is 0.506. The first kappa shape index (κ1) is 17.7. The third-order valence-corrected chi connectivity index (χ3v) is 3.14. The molecule has 0 aliphatic rings. The summed E-state index contributed by atoms with van der Waals surface area (Å²) in [5, 5.41) is 11.5. The quantitative estimate of drug-likeness (QED) is 0.680. The number of carbonyl (C=O) groups excluding carboxylic acids is 2. The Labute approximate surface area is 129 Å². The molecule has 22 heavy (non-hydrogen) atoms. The van der Waals surface area contributed by atoms with Crippen molar-refractivity contribution in [1.82, 2.24) is 5.32 Å². The number of hydrogen-bond donors (Lipinski definition) is 2. The number of amides is 1. The number of nitrogens with one attached hydrogen (secondary N) is 1. The van der Waals surface area contributed by atoms with Gasteiger partial charge in [-0.3, -0.25) is 14.4 Å². The van der Waals surface area contributed by atoms with Crippen LogP contribution in [0.5, 0.6) is 5.75 Å². The van der Waals surface area contributed by atoms with Gasteiger partial charge in [-0.25, -0.2) is 0 Å². The molecule has 0 aromatic heterocycles. The highest BCUT2D eigenvalue weighted by atomic mass is 16.5. The van der Waals surface area contributed by atoms with Gasteiger partial charge in [0, 0.05) is 12.1 Å².